The molecule has 3 aromatic rings. The summed E-state index contributed by atoms with van der Waals surface area (Å²) in [5, 5.41) is 13.9. The molecule has 2 aliphatic rings. The van der Waals surface area contributed by atoms with Crippen LogP contribution < -0.4 is 5.32 Å². The predicted molar refractivity (Wildman–Crippen MR) is 125 cm³/mol. The third kappa shape index (κ3) is 4.56. The van der Waals surface area contributed by atoms with Crippen molar-refractivity contribution in [3.05, 3.63) is 35.7 Å². The van der Waals surface area contributed by atoms with Gasteiger partial charge in [0.25, 0.3) is 0 Å². The van der Waals surface area contributed by atoms with Crippen LogP contribution in [0.15, 0.2) is 30.7 Å². The highest BCUT2D eigenvalue weighted by molar-refractivity contribution is 6.33. The van der Waals surface area contributed by atoms with Gasteiger partial charge < -0.3 is 15.2 Å². The number of H-pyrrole nitrogens is 1. The molecule has 5 rings (SSSR count). The summed E-state index contributed by atoms with van der Waals surface area (Å²) in [5.41, 5.74) is 2.46. The molecule has 0 saturated carbocycles. The maximum Gasteiger partial charge on any atom is 0.223 e. The summed E-state index contributed by atoms with van der Waals surface area (Å²) in [6, 6.07) is 6.51. The molecular weight excluding hydrogens is 424 g/mol. The fourth-order valence-corrected chi connectivity index (χ4v) is 5.06. The van der Waals surface area contributed by atoms with Crippen LogP contribution in [0.3, 0.4) is 0 Å². The second-order valence-corrected chi connectivity index (χ2v) is 9.17. The van der Waals surface area contributed by atoms with E-state index in [1.165, 1.54) is 12.8 Å². The van der Waals surface area contributed by atoms with Crippen molar-refractivity contribution in [3.63, 3.8) is 0 Å². The minimum atomic E-state index is 0.326. The van der Waals surface area contributed by atoms with Crippen LogP contribution in [0.2, 0.25) is 5.02 Å². The van der Waals surface area contributed by atoms with Crippen molar-refractivity contribution in [2.45, 2.75) is 25.3 Å². The quantitative estimate of drug-likeness (QED) is 0.555. The van der Waals surface area contributed by atoms with Gasteiger partial charge in [-0.05, 0) is 50.4 Å². The normalized spacial score (nSPS) is 20.6. The number of anilines is 1. The Balaban J connectivity index is 1.20. The molecule has 0 aromatic carbocycles. The number of nitrogens with zero attached hydrogens (tertiary/aromatic N) is 6. The Bertz CT molecular complexity index is 1110. The molecule has 0 unspecified atom stereocenters. The van der Waals surface area contributed by atoms with Crippen LogP contribution in [-0.4, -0.2) is 75.0 Å². The average molecular weight is 451 g/mol. The van der Waals surface area contributed by atoms with E-state index in [2.05, 4.69) is 36.1 Å². The molecule has 0 radical (unpaired) electrons. The number of hydrogen-bond donors (Lipinski definition) is 2. The van der Waals surface area contributed by atoms with E-state index < -0.39 is 0 Å². The minimum absolute atomic E-state index is 0.326. The molecule has 32 heavy (non-hydrogen) atoms. The zero-order chi connectivity index (χ0) is 21.9. The SMILES string of the molecule is N#CCN1CCC(CN2CC[C@@H](Nc3ncc(Cl)c(-c4c[nH]c5ncccc45)n3)C2)CC1. The maximum absolute atomic E-state index is 8.87. The molecule has 2 N–H and O–H groups in total. The predicted octanol–water partition coefficient (Wildman–Crippen LogP) is 3.40. The van der Waals surface area contributed by atoms with Gasteiger partial charge in [-0.25, -0.2) is 15.0 Å². The van der Waals surface area contributed by atoms with E-state index in [0.29, 0.717) is 29.3 Å². The molecule has 5 heterocycles. The lowest BCUT2D eigenvalue weighted by molar-refractivity contribution is 0.165. The Hall–Kier alpha value is -2.73. The molecule has 0 spiro atoms. The number of nitrogens with one attached hydrogen (secondary N) is 2. The molecule has 0 bridgehead atoms. The number of aromatic amines is 1. The number of pyridine rings is 1. The average Bonchev–Trinajstić information content (AvgIpc) is 3.43. The first kappa shape index (κ1) is 21.1. The highest BCUT2D eigenvalue weighted by atomic mass is 35.5. The lowest BCUT2D eigenvalue weighted by Gasteiger charge is -2.32. The van der Waals surface area contributed by atoms with E-state index in [1.807, 2.05) is 18.3 Å². The van der Waals surface area contributed by atoms with Crippen LogP contribution in [0.5, 0.6) is 0 Å². The minimum Gasteiger partial charge on any atom is -0.350 e. The number of aromatic nitrogens is 4. The maximum atomic E-state index is 8.87. The summed E-state index contributed by atoms with van der Waals surface area (Å²) in [7, 11) is 0. The van der Waals surface area contributed by atoms with Crippen molar-refractivity contribution >= 4 is 28.6 Å². The van der Waals surface area contributed by atoms with E-state index in [1.54, 1.807) is 12.4 Å². The first-order chi connectivity index (χ1) is 15.7. The van der Waals surface area contributed by atoms with Gasteiger partial charge in [-0.15, -0.1) is 0 Å². The molecule has 1 atom stereocenters. The number of nitriles is 1. The summed E-state index contributed by atoms with van der Waals surface area (Å²) in [5.74, 6) is 1.33. The summed E-state index contributed by atoms with van der Waals surface area (Å²) < 4.78 is 0. The topological polar surface area (TPSA) is 96.8 Å². The Labute approximate surface area is 192 Å². The number of piperidine rings is 1. The zero-order valence-corrected chi connectivity index (χ0v) is 18.7. The van der Waals surface area contributed by atoms with Gasteiger partial charge in [0.2, 0.25) is 5.95 Å². The third-order valence-electron chi connectivity index (χ3n) is 6.57. The largest absolute Gasteiger partial charge is 0.350 e. The monoisotopic (exact) mass is 450 g/mol. The third-order valence-corrected chi connectivity index (χ3v) is 6.85. The van der Waals surface area contributed by atoms with Gasteiger partial charge in [-0.2, -0.15) is 5.26 Å². The number of halogens is 1. The molecule has 2 fully saturated rings. The fraction of sp³-hybridized carbons (Fsp3) is 0.478. The first-order valence-electron chi connectivity index (χ1n) is 11.2. The number of rotatable bonds is 6. The fourth-order valence-electron chi connectivity index (χ4n) is 4.87. The standard InChI is InChI=1S/C23H27ClN8/c24-20-13-28-23(30-21(20)19-12-27-22-18(19)2-1-7-26-22)29-17-5-10-32(15-17)14-16-3-8-31(9-4-16)11-6-25/h1-2,7,12-13,16-17H,3-5,8-11,14-15H2,(H,26,27)(H,28,29,30)/t17-/m1/s1. The molecule has 9 heteroatoms. The van der Waals surface area contributed by atoms with Gasteiger partial charge in [0, 0.05) is 49.0 Å². The van der Waals surface area contributed by atoms with Crippen molar-refractivity contribution in [2.24, 2.45) is 5.92 Å². The van der Waals surface area contributed by atoms with Gasteiger partial charge in [0.1, 0.15) is 5.65 Å². The molecule has 2 saturated heterocycles. The van der Waals surface area contributed by atoms with Crippen molar-refractivity contribution < 1.29 is 0 Å². The second-order valence-electron chi connectivity index (χ2n) is 8.76. The van der Waals surface area contributed by atoms with Crippen LogP contribution >= 0.6 is 11.6 Å². The Kier molecular flexibility index (Phi) is 6.21. The summed E-state index contributed by atoms with van der Waals surface area (Å²) in [4.78, 5) is 21.5. The van der Waals surface area contributed by atoms with Gasteiger partial charge >= 0.3 is 0 Å². The van der Waals surface area contributed by atoms with Crippen LogP contribution in [0.4, 0.5) is 5.95 Å². The Morgan fingerprint density at radius 2 is 2.03 bits per heavy atom. The number of likely N-dealkylation sites (tertiary alicyclic amines) is 2. The van der Waals surface area contributed by atoms with Gasteiger partial charge in [-0.3, -0.25) is 4.90 Å². The molecule has 166 valence electrons. The lowest BCUT2D eigenvalue weighted by Crippen LogP contribution is -2.38. The molecule has 2 aliphatic heterocycles. The molecular formula is C23H27ClN8. The lowest BCUT2D eigenvalue weighted by atomic mass is 9.96. The van der Waals surface area contributed by atoms with Crippen molar-refractivity contribution in [3.8, 4) is 17.3 Å². The molecule has 0 aliphatic carbocycles. The van der Waals surface area contributed by atoms with Crippen LogP contribution in [0, 0.1) is 17.2 Å². The summed E-state index contributed by atoms with van der Waals surface area (Å²) >= 11 is 6.45. The smallest absolute Gasteiger partial charge is 0.223 e. The van der Waals surface area contributed by atoms with E-state index >= 15 is 0 Å². The van der Waals surface area contributed by atoms with E-state index in [4.69, 9.17) is 21.8 Å². The van der Waals surface area contributed by atoms with Crippen molar-refractivity contribution in [1.82, 2.24) is 29.7 Å². The summed E-state index contributed by atoms with van der Waals surface area (Å²) in [6.07, 6.45) is 8.77. The van der Waals surface area contributed by atoms with Crippen LogP contribution in [0.1, 0.15) is 19.3 Å². The van der Waals surface area contributed by atoms with Gasteiger partial charge in [0.15, 0.2) is 0 Å². The van der Waals surface area contributed by atoms with E-state index in [-0.39, 0.29) is 0 Å². The van der Waals surface area contributed by atoms with Gasteiger partial charge in [0.05, 0.1) is 29.5 Å². The van der Waals surface area contributed by atoms with Crippen molar-refractivity contribution in [1.29, 1.82) is 5.26 Å². The highest BCUT2D eigenvalue weighted by Gasteiger charge is 2.27. The Morgan fingerprint density at radius 3 is 2.88 bits per heavy atom. The van der Waals surface area contributed by atoms with E-state index in [0.717, 1.165) is 61.7 Å². The molecule has 0 amide bonds. The second kappa shape index (κ2) is 9.41. The van der Waals surface area contributed by atoms with Crippen LogP contribution in [0.25, 0.3) is 22.3 Å². The molecule has 8 nitrogen and oxygen atoms in total. The zero-order valence-electron chi connectivity index (χ0n) is 18.0. The highest BCUT2D eigenvalue weighted by Crippen LogP contribution is 2.32. The van der Waals surface area contributed by atoms with Gasteiger partial charge in [-0.1, -0.05) is 11.6 Å². The van der Waals surface area contributed by atoms with Crippen molar-refractivity contribution in [2.75, 3.05) is 44.6 Å². The van der Waals surface area contributed by atoms with Crippen LogP contribution in [-0.2, 0) is 0 Å². The molecule has 3 aromatic heterocycles. The van der Waals surface area contributed by atoms with E-state index in [9.17, 15) is 0 Å². The Morgan fingerprint density at radius 1 is 1.19 bits per heavy atom. The number of hydrogen-bond acceptors (Lipinski definition) is 7. The summed E-state index contributed by atoms with van der Waals surface area (Å²) in [6.45, 7) is 5.85. The number of fused-ring (bicyclic) bond motifs is 1. The first-order valence-corrected chi connectivity index (χ1v) is 11.6.